The summed E-state index contributed by atoms with van der Waals surface area (Å²) in [5, 5.41) is 14.5. The Morgan fingerprint density at radius 3 is 2.94 bits per heavy atom. The minimum Gasteiger partial charge on any atom is -0.480 e. The Morgan fingerprint density at radius 2 is 2.41 bits per heavy atom. The first-order valence-corrected chi connectivity index (χ1v) is 6.87. The summed E-state index contributed by atoms with van der Waals surface area (Å²) in [5.74, 6) is -0.603. The van der Waals surface area contributed by atoms with Crippen LogP contribution in [0.5, 0.6) is 0 Å². The molecule has 0 radical (unpaired) electrons. The van der Waals surface area contributed by atoms with Gasteiger partial charge in [0.25, 0.3) is 0 Å². The summed E-state index contributed by atoms with van der Waals surface area (Å²) in [6, 6.07) is -1.27. The van der Waals surface area contributed by atoms with Gasteiger partial charge in [-0.05, 0) is 18.4 Å². The van der Waals surface area contributed by atoms with E-state index in [1.807, 2.05) is 6.26 Å². The molecule has 98 valence electrons. The van der Waals surface area contributed by atoms with Crippen molar-refractivity contribution in [2.75, 3.05) is 31.8 Å². The van der Waals surface area contributed by atoms with E-state index in [0.29, 0.717) is 31.9 Å². The number of carbonyl (C=O) groups is 2. The van der Waals surface area contributed by atoms with Crippen LogP contribution in [0, 0.1) is 0 Å². The Hall–Kier alpha value is -0.790. The number of hydrogen-bond donors (Lipinski definition) is 3. The molecule has 0 saturated carbocycles. The maximum atomic E-state index is 11.8. The fourth-order valence-corrected chi connectivity index (χ4v) is 1.97. The molecule has 2 unspecified atom stereocenters. The second-order valence-corrected chi connectivity index (χ2v) is 4.75. The van der Waals surface area contributed by atoms with Gasteiger partial charge in [0, 0.05) is 6.54 Å². The SMILES string of the molecule is CSCCC(NC(=O)C1COCCN1)C(=O)O. The third kappa shape index (κ3) is 4.93. The van der Waals surface area contributed by atoms with Crippen molar-refractivity contribution in [1.82, 2.24) is 10.6 Å². The Morgan fingerprint density at radius 1 is 1.65 bits per heavy atom. The highest BCUT2D eigenvalue weighted by Crippen LogP contribution is 2.02. The second-order valence-electron chi connectivity index (χ2n) is 3.76. The molecule has 1 aliphatic heterocycles. The van der Waals surface area contributed by atoms with Crippen molar-refractivity contribution >= 4 is 23.6 Å². The maximum Gasteiger partial charge on any atom is 0.326 e. The fourth-order valence-electron chi connectivity index (χ4n) is 1.50. The van der Waals surface area contributed by atoms with E-state index in [0.717, 1.165) is 0 Å². The van der Waals surface area contributed by atoms with Crippen LogP contribution < -0.4 is 10.6 Å². The lowest BCUT2D eigenvalue weighted by Crippen LogP contribution is -2.54. The normalized spacial score (nSPS) is 21.8. The highest BCUT2D eigenvalue weighted by Gasteiger charge is 2.26. The summed E-state index contributed by atoms with van der Waals surface area (Å²) in [6.07, 6.45) is 2.33. The van der Waals surface area contributed by atoms with Gasteiger partial charge in [0.1, 0.15) is 12.1 Å². The lowest BCUT2D eigenvalue weighted by atomic mass is 10.2. The maximum absolute atomic E-state index is 11.8. The number of carbonyl (C=O) groups excluding carboxylic acids is 1. The Kier molecular flexibility index (Phi) is 6.31. The number of nitrogens with one attached hydrogen (secondary N) is 2. The molecular formula is C10H18N2O4S. The number of carboxylic acids is 1. The van der Waals surface area contributed by atoms with Gasteiger partial charge in [-0.15, -0.1) is 0 Å². The first-order chi connectivity index (χ1) is 8.15. The third-order valence-electron chi connectivity index (χ3n) is 2.46. The average molecular weight is 262 g/mol. The fraction of sp³-hybridized carbons (Fsp3) is 0.800. The molecule has 0 aromatic carbocycles. The van der Waals surface area contributed by atoms with E-state index in [9.17, 15) is 9.59 Å². The standard InChI is InChI=1S/C10H18N2O4S/c1-17-5-2-7(10(14)15)12-9(13)8-6-16-4-3-11-8/h7-8,11H,2-6H2,1H3,(H,12,13)(H,14,15). The molecule has 1 aliphatic rings. The summed E-state index contributed by atoms with van der Waals surface area (Å²) < 4.78 is 5.15. The number of thioether (sulfide) groups is 1. The molecule has 0 aromatic rings. The zero-order chi connectivity index (χ0) is 12.7. The molecule has 1 heterocycles. The molecule has 2 atom stereocenters. The third-order valence-corrected chi connectivity index (χ3v) is 3.11. The van der Waals surface area contributed by atoms with Gasteiger partial charge in [-0.3, -0.25) is 4.79 Å². The zero-order valence-electron chi connectivity index (χ0n) is 9.77. The molecule has 3 N–H and O–H groups in total. The van der Waals surface area contributed by atoms with Crippen LogP contribution in [0.2, 0.25) is 0 Å². The summed E-state index contributed by atoms with van der Waals surface area (Å²) in [5.41, 5.74) is 0. The van der Waals surface area contributed by atoms with Crippen LogP contribution in [0.1, 0.15) is 6.42 Å². The largest absolute Gasteiger partial charge is 0.480 e. The predicted octanol–water partition coefficient (Wildman–Crippen LogP) is -0.703. The first-order valence-electron chi connectivity index (χ1n) is 5.48. The quantitative estimate of drug-likeness (QED) is 0.586. The summed E-state index contributed by atoms with van der Waals surface area (Å²) in [4.78, 5) is 22.7. The number of carboxylic acid groups (broad SMARTS) is 1. The van der Waals surface area contributed by atoms with Crippen LogP contribution in [0.15, 0.2) is 0 Å². The van der Waals surface area contributed by atoms with Crippen molar-refractivity contribution in [3.05, 3.63) is 0 Å². The Balaban J connectivity index is 2.42. The number of amides is 1. The van der Waals surface area contributed by atoms with Gasteiger partial charge in [0.2, 0.25) is 5.91 Å². The van der Waals surface area contributed by atoms with E-state index in [1.54, 1.807) is 11.8 Å². The van der Waals surface area contributed by atoms with Crippen molar-refractivity contribution < 1.29 is 19.4 Å². The van der Waals surface area contributed by atoms with Crippen molar-refractivity contribution in [3.63, 3.8) is 0 Å². The second kappa shape index (κ2) is 7.52. The topological polar surface area (TPSA) is 87.7 Å². The molecule has 1 rings (SSSR count). The molecule has 0 bridgehead atoms. The van der Waals surface area contributed by atoms with Crippen molar-refractivity contribution in [3.8, 4) is 0 Å². The monoisotopic (exact) mass is 262 g/mol. The van der Waals surface area contributed by atoms with E-state index < -0.39 is 18.1 Å². The van der Waals surface area contributed by atoms with Crippen LogP contribution >= 0.6 is 11.8 Å². The molecule has 1 amide bonds. The molecule has 0 aliphatic carbocycles. The van der Waals surface area contributed by atoms with Crippen LogP contribution in [0.25, 0.3) is 0 Å². The molecular weight excluding hydrogens is 244 g/mol. The highest BCUT2D eigenvalue weighted by molar-refractivity contribution is 7.98. The average Bonchev–Trinajstić information content (AvgIpc) is 2.35. The van der Waals surface area contributed by atoms with Crippen LogP contribution in [-0.4, -0.2) is 60.8 Å². The highest BCUT2D eigenvalue weighted by atomic mass is 32.2. The molecule has 7 heteroatoms. The number of ether oxygens (including phenoxy) is 1. The molecule has 1 fully saturated rings. The first kappa shape index (κ1) is 14.3. The number of morpholine rings is 1. The molecule has 0 spiro atoms. The Labute approximate surface area is 104 Å². The molecule has 17 heavy (non-hydrogen) atoms. The van der Waals surface area contributed by atoms with Gasteiger partial charge in [-0.2, -0.15) is 11.8 Å². The summed E-state index contributed by atoms with van der Waals surface area (Å²) in [6.45, 7) is 1.49. The van der Waals surface area contributed by atoms with E-state index in [-0.39, 0.29) is 5.91 Å². The van der Waals surface area contributed by atoms with Crippen LogP contribution in [0.3, 0.4) is 0 Å². The predicted molar refractivity (Wildman–Crippen MR) is 65.2 cm³/mol. The number of hydrogen-bond acceptors (Lipinski definition) is 5. The zero-order valence-corrected chi connectivity index (χ0v) is 10.6. The van der Waals surface area contributed by atoms with Gasteiger partial charge in [-0.25, -0.2) is 4.79 Å². The van der Waals surface area contributed by atoms with Crippen LogP contribution in [-0.2, 0) is 14.3 Å². The van der Waals surface area contributed by atoms with Crippen LogP contribution in [0.4, 0.5) is 0 Å². The Bertz CT molecular complexity index is 269. The molecule has 6 nitrogen and oxygen atoms in total. The lowest BCUT2D eigenvalue weighted by Gasteiger charge is -2.24. The summed E-state index contributed by atoms with van der Waals surface area (Å²) in [7, 11) is 0. The minimum absolute atomic E-state index is 0.292. The van der Waals surface area contributed by atoms with Crippen molar-refractivity contribution in [1.29, 1.82) is 0 Å². The lowest BCUT2D eigenvalue weighted by molar-refractivity contribution is -0.142. The number of rotatable bonds is 6. The van der Waals surface area contributed by atoms with Gasteiger partial charge in [0.05, 0.1) is 13.2 Å². The van der Waals surface area contributed by atoms with Gasteiger partial charge < -0.3 is 20.5 Å². The van der Waals surface area contributed by atoms with Crippen molar-refractivity contribution in [2.45, 2.75) is 18.5 Å². The van der Waals surface area contributed by atoms with E-state index >= 15 is 0 Å². The van der Waals surface area contributed by atoms with E-state index in [4.69, 9.17) is 9.84 Å². The minimum atomic E-state index is -0.996. The van der Waals surface area contributed by atoms with E-state index in [1.165, 1.54) is 0 Å². The van der Waals surface area contributed by atoms with Crippen molar-refractivity contribution in [2.24, 2.45) is 0 Å². The van der Waals surface area contributed by atoms with E-state index in [2.05, 4.69) is 10.6 Å². The summed E-state index contributed by atoms with van der Waals surface area (Å²) >= 11 is 1.56. The number of aliphatic carboxylic acids is 1. The van der Waals surface area contributed by atoms with Gasteiger partial charge in [-0.1, -0.05) is 0 Å². The van der Waals surface area contributed by atoms with Gasteiger partial charge >= 0.3 is 5.97 Å². The molecule has 1 saturated heterocycles. The smallest absolute Gasteiger partial charge is 0.326 e. The molecule has 0 aromatic heterocycles. The van der Waals surface area contributed by atoms with Gasteiger partial charge in [0.15, 0.2) is 0 Å².